The molecule has 0 atom stereocenters. The van der Waals surface area contributed by atoms with E-state index in [9.17, 15) is 14.4 Å². The molecule has 0 aliphatic rings. The largest absolute Gasteiger partial charge is 0.376 e. The van der Waals surface area contributed by atoms with E-state index in [1.54, 1.807) is 36.4 Å². The minimum Gasteiger partial charge on any atom is -0.376 e. The first-order valence-electron chi connectivity index (χ1n) is 11.8. The maximum Gasteiger partial charge on any atom is 0.253 e. The molecule has 2 aromatic rings. The number of hydrogen-bond donors (Lipinski definition) is 3. The number of hydrogen-bond acceptors (Lipinski definition) is 4. The van der Waals surface area contributed by atoms with Crippen LogP contribution in [-0.4, -0.2) is 48.8 Å². The number of nitrogens with zero attached hydrogens (tertiary/aromatic N) is 1. The van der Waals surface area contributed by atoms with Gasteiger partial charge in [0.05, 0.1) is 6.54 Å². The number of rotatable bonds is 13. The number of anilines is 2. The van der Waals surface area contributed by atoms with Crippen molar-refractivity contribution in [3.63, 3.8) is 0 Å². The molecule has 0 radical (unpaired) electrons. The van der Waals surface area contributed by atoms with E-state index in [1.165, 1.54) is 0 Å². The predicted octanol–water partition coefficient (Wildman–Crippen LogP) is 4.53. The number of carbonyl (C=O) groups excluding carboxylic acids is 3. The highest BCUT2D eigenvalue weighted by molar-refractivity contribution is 5.97. The van der Waals surface area contributed by atoms with Crippen molar-refractivity contribution < 1.29 is 14.4 Å². The van der Waals surface area contributed by atoms with Crippen molar-refractivity contribution in [3.05, 3.63) is 59.7 Å². The van der Waals surface area contributed by atoms with Gasteiger partial charge >= 0.3 is 0 Å². The van der Waals surface area contributed by atoms with Gasteiger partial charge in [-0.15, -0.1) is 0 Å². The van der Waals surface area contributed by atoms with Crippen molar-refractivity contribution in [1.82, 2.24) is 10.2 Å². The number of carbonyl (C=O) groups is 3. The molecule has 0 bridgehead atoms. The first kappa shape index (κ1) is 25.9. The van der Waals surface area contributed by atoms with Crippen LogP contribution in [0.1, 0.15) is 67.2 Å². The van der Waals surface area contributed by atoms with E-state index in [0.717, 1.165) is 44.5 Å². The fraction of sp³-hybridized carbons (Fsp3) is 0.423. The van der Waals surface area contributed by atoms with E-state index in [1.807, 2.05) is 17.0 Å². The molecule has 0 aliphatic carbocycles. The highest BCUT2D eigenvalue weighted by Crippen LogP contribution is 2.13. The second-order valence-corrected chi connectivity index (χ2v) is 7.96. The Labute approximate surface area is 196 Å². The molecule has 0 aromatic heterocycles. The van der Waals surface area contributed by atoms with Crippen LogP contribution in [0.2, 0.25) is 0 Å². The van der Waals surface area contributed by atoms with Crippen LogP contribution in [0.5, 0.6) is 0 Å². The summed E-state index contributed by atoms with van der Waals surface area (Å²) in [6.45, 7) is 8.44. The van der Waals surface area contributed by atoms with Gasteiger partial charge in [-0.2, -0.15) is 0 Å². The molecule has 0 spiro atoms. The number of unbranched alkanes of at least 4 members (excludes halogenated alkanes) is 1. The maximum atomic E-state index is 12.7. The van der Waals surface area contributed by atoms with Gasteiger partial charge < -0.3 is 20.9 Å². The third kappa shape index (κ3) is 8.60. The predicted molar refractivity (Wildman–Crippen MR) is 134 cm³/mol. The average Bonchev–Trinajstić information content (AvgIpc) is 2.83. The molecular weight excluding hydrogens is 416 g/mol. The lowest BCUT2D eigenvalue weighted by Gasteiger charge is -2.21. The van der Waals surface area contributed by atoms with Crippen molar-refractivity contribution in [2.24, 2.45) is 0 Å². The van der Waals surface area contributed by atoms with Crippen LogP contribution in [0.3, 0.4) is 0 Å². The van der Waals surface area contributed by atoms with Gasteiger partial charge in [-0.1, -0.05) is 27.2 Å². The number of benzene rings is 2. The molecule has 3 N–H and O–H groups in total. The van der Waals surface area contributed by atoms with Gasteiger partial charge in [0.25, 0.3) is 11.8 Å². The molecule has 178 valence electrons. The molecular formula is C26H36N4O3. The lowest BCUT2D eigenvalue weighted by atomic mass is 10.1. The fourth-order valence-corrected chi connectivity index (χ4v) is 3.34. The van der Waals surface area contributed by atoms with Crippen molar-refractivity contribution in [2.75, 3.05) is 36.8 Å². The van der Waals surface area contributed by atoms with Gasteiger partial charge in [0, 0.05) is 42.1 Å². The first-order chi connectivity index (χ1) is 16.0. The van der Waals surface area contributed by atoms with E-state index >= 15 is 0 Å². The molecule has 0 saturated carbocycles. The van der Waals surface area contributed by atoms with Gasteiger partial charge in [-0.05, 0) is 67.8 Å². The standard InChI is InChI=1S/C26H36N4O3/c1-4-7-16-27-25(32)20-8-14-23(15-9-20)29-24(31)19-28-22-12-10-21(11-13-22)26(33)30(17-5-2)18-6-3/h8-15,28H,4-7,16-19H2,1-3H3,(H,27,32)(H,29,31). The summed E-state index contributed by atoms with van der Waals surface area (Å²) in [6.07, 6.45) is 3.82. The van der Waals surface area contributed by atoms with E-state index in [4.69, 9.17) is 0 Å². The van der Waals surface area contributed by atoms with Crippen LogP contribution in [0.25, 0.3) is 0 Å². The van der Waals surface area contributed by atoms with Gasteiger partial charge in [0.15, 0.2) is 0 Å². The Bertz CT molecular complexity index is 889. The molecule has 33 heavy (non-hydrogen) atoms. The quantitative estimate of drug-likeness (QED) is 0.390. The Kier molecular flexibility index (Phi) is 10.9. The first-order valence-corrected chi connectivity index (χ1v) is 11.8. The van der Waals surface area contributed by atoms with Gasteiger partial charge in [0.2, 0.25) is 5.91 Å². The van der Waals surface area contributed by atoms with E-state index < -0.39 is 0 Å². The summed E-state index contributed by atoms with van der Waals surface area (Å²) in [5.41, 5.74) is 2.59. The highest BCUT2D eigenvalue weighted by Gasteiger charge is 2.14. The summed E-state index contributed by atoms with van der Waals surface area (Å²) in [4.78, 5) is 38.8. The molecule has 0 saturated heterocycles. The van der Waals surface area contributed by atoms with Crippen LogP contribution < -0.4 is 16.0 Å². The second kappa shape index (κ2) is 13.9. The Morgan fingerprint density at radius 1 is 0.758 bits per heavy atom. The minimum atomic E-state index is -0.202. The van der Waals surface area contributed by atoms with E-state index in [2.05, 4.69) is 36.7 Å². The molecule has 2 aromatic carbocycles. The Morgan fingerprint density at radius 3 is 1.91 bits per heavy atom. The molecule has 0 unspecified atom stereocenters. The maximum absolute atomic E-state index is 12.7. The minimum absolute atomic E-state index is 0.0329. The molecule has 3 amide bonds. The summed E-state index contributed by atoms with van der Waals surface area (Å²) in [5, 5.41) is 8.74. The number of amides is 3. The fourth-order valence-electron chi connectivity index (χ4n) is 3.34. The zero-order valence-electron chi connectivity index (χ0n) is 19.9. The van der Waals surface area contributed by atoms with Crippen LogP contribution >= 0.6 is 0 Å². The van der Waals surface area contributed by atoms with Crippen molar-refractivity contribution in [2.45, 2.75) is 46.5 Å². The Morgan fingerprint density at radius 2 is 1.33 bits per heavy atom. The normalized spacial score (nSPS) is 10.4. The summed E-state index contributed by atoms with van der Waals surface area (Å²) in [7, 11) is 0. The molecule has 7 heteroatoms. The Balaban J connectivity index is 1.83. The van der Waals surface area contributed by atoms with E-state index in [-0.39, 0.29) is 24.3 Å². The van der Waals surface area contributed by atoms with Crippen LogP contribution in [0.15, 0.2) is 48.5 Å². The summed E-state index contributed by atoms with van der Waals surface area (Å²) in [6, 6.07) is 14.0. The van der Waals surface area contributed by atoms with Crippen LogP contribution in [-0.2, 0) is 4.79 Å². The number of nitrogens with one attached hydrogen (secondary N) is 3. The van der Waals surface area contributed by atoms with Crippen molar-refractivity contribution >= 4 is 29.1 Å². The summed E-state index contributed by atoms with van der Waals surface area (Å²) < 4.78 is 0. The van der Waals surface area contributed by atoms with Crippen LogP contribution in [0, 0.1) is 0 Å². The smallest absolute Gasteiger partial charge is 0.253 e. The average molecular weight is 453 g/mol. The highest BCUT2D eigenvalue weighted by atomic mass is 16.2. The molecule has 7 nitrogen and oxygen atoms in total. The third-order valence-corrected chi connectivity index (χ3v) is 5.11. The topological polar surface area (TPSA) is 90.5 Å². The zero-order chi connectivity index (χ0) is 24.1. The lowest BCUT2D eigenvalue weighted by molar-refractivity contribution is -0.114. The van der Waals surface area contributed by atoms with Gasteiger partial charge in [0.1, 0.15) is 0 Å². The summed E-state index contributed by atoms with van der Waals surface area (Å²) >= 11 is 0. The van der Waals surface area contributed by atoms with Crippen molar-refractivity contribution in [1.29, 1.82) is 0 Å². The van der Waals surface area contributed by atoms with Crippen LogP contribution in [0.4, 0.5) is 11.4 Å². The monoisotopic (exact) mass is 452 g/mol. The SMILES string of the molecule is CCCCNC(=O)c1ccc(NC(=O)CNc2ccc(C(=O)N(CCC)CCC)cc2)cc1. The lowest BCUT2D eigenvalue weighted by Crippen LogP contribution is -2.32. The second-order valence-electron chi connectivity index (χ2n) is 7.96. The molecule has 0 heterocycles. The van der Waals surface area contributed by atoms with Gasteiger partial charge in [-0.3, -0.25) is 14.4 Å². The van der Waals surface area contributed by atoms with Gasteiger partial charge in [-0.25, -0.2) is 0 Å². The molecule has 0 fully saturated rings. The Hall–Kier alpha value is -3.35. The summed E-state index contributed by atoms with van der Waals surface area (Å²) in [5.74, 6) is -0.282. The van der Waals surface area contributed by atoms with Crippen molar-refractivity contribution in [3.8, 4) is 0 Å². The molecule has 2 rings (SSSR count). The van der Waals surface area contributed by atoms with E-state index in [0.29, 0.717) is 23.4 Å². The third-order valence-electron chi connectivity index (χ3n) is 5.11. The molecule has 0 aliphatic heterocycles. The zero-order valence-corrected chi connectivity index (χ0v) is 19.9.